The van der Waals surface area contributed by atoms with Gasteiger partial charge in [0.15, 0.2) is 10.9 Å². The molecule has 0 radical (unpaired) electrons. The van der Waals surface area contributed by atoms with Gasteiger partial charge >= 0.3 is 0 Å². The molecule has 0 spiro atoms. The van der Waals surface area contributed by atoms with Crippen LogP contribution in [0.3, 0.4) is 0 Å². The summed E-state index contributed by atoms with van der Waals surface area (Å²) in [6.45, 7) is 5.12. The number of nitrogens with zero attached hydrogens (tertiary/aromatic N) is 2. The van der Waals surface area contributed by atoms with E-state index in [9.17, 15) is 14.4 Å². The highest BCUT2D eigenvalue weighted by molar-refractivity contribution is 8.00. The van der Waals surface area contributed by atoms with Crippen molar-refractivity contribution in [2.24, 2.45) is 7.05 Å². The van der Waals surface area contributed by atoms with Gasteiger partial charge in [-0.15, -0.1) is 11.8 Å². The fraction of sp³-hybridized carbons (Fsp3) is 0.172. The Hall–Kier alpha value is -4.15. The molecule has 0 saturated heterocycles. The number of aromatic nitrogens is 2. The molecule has 1 aromatic heterocycles. The monoisotopic (exact) mass is 559 g/mol. The summed E-state index contributed by atoms with van der Waals surface area (Å²) in [4.78, 5) is 38.5. The van der Waals surface area contributed by atoms with Gasteiger partial charge in [0.05, 0.1) is 16.6 Å². The first kappa shape index (κ1) is 27.9. The lowest BCUT2D eigenvalue weighted by Gasteiger charge is -2.14. The van der Waals surface area contributed by atoms with Crippen LogP contribution in [-0.2, 0) is 11.8 Å². The van der Waals surface area contributed by atoms with E-state index >= 15 is 0 Å². The number of thiocarbonyl (C=S) groups is 1. The van der Waals surface area contributed by atoms with Crippen molar-refractivity contribution in [3.05, 3.63) is 100 Å². The number of benzene rings is 3. The minimum atomic E-state index is -0.464. The summed E-state index contributed by atoms with van der Waals surface area (Å²) < 4.78 is 3.27. The maximum atomic E-state index is 13.1. The molecule has 10 heteroatoms. The zero-order valence-electron chi connectivity index (χ0n) is 22.0. The van der Waals surface area contributed by atoms with Crippen LogP contribution in [-0.4, -0.2) is 31.4 Å². The number of Topliss-reactive ketones (excluding diaryl/α,β-unsaturated/α-hetero) is 1. The molecule has 1 heterocycles. The zero-order chi connectivity index (χ0) is 28.1. The first-order chi connectivity index (χ1) is 18.6. The average Bonchev–Trinajstić information content (AvgIpc) is 3.12. The van der Waals surface area contributed by atoms with Gasteiger partial charge in [-0.2, -0.15) is 0 Å². The van der Waals surface area contributed by atoms with E-state index in [0.717, 1.165) is 22.0 Å². The van der Waals surface area contributed by atoms with Gasteiger partial charge in [0.25, 0.3) is 5.56 Å². The first-order valence-electron chi connectivity index (χ1n) is 12.2. The minimum Gasteiger partial charge on any atom is -0.332 e. The summed E-state index contributed by atoms with van der Waals surface area (Å²) >= 11 is 6.80. The van der Waals surface area contributed by atoms with Crippen LogP contribution in [0.15, 0.2) is 88.6 Å². The first-order valence-corrected chi connectivity index (χ1v) is 13.5. The van der Waals surface area contributed by atoms with Gasteiger partial charge < -0.3 is 16.0 Å². The smallest absolute Gasteiger partial charge is 0.295 e. The van der Waals surface area contributed by atoms with Crippen LogP contribution in [0.2, 0.25) is 0 Å². The number of carbonyl (C=O) groups is 2. The molecule has 1 amide bonds. The summed E-state index contributed by atoms with van der Waals surface area (Å²) in [5.41, 5.74) is 3.52. The molecule has 3 aromatic carbocycles. The number of rotatable bonds is 8. The standard InChI is InChI=1S/C29H29N5O3S2/c1-18-26(28(37)34(33(18)4)24-10-6-5-7-11-24)32-27(36)20(3)39-25-12-8-9-23(17-25)31-29(38)30-22-15-13-21(14-16-22)19(2)35/h5-17,20H,1-4H3,(H,32,36)(H2,30,31,38). The van der Waals surface area contributed by atoms with Crippen molar-refractivity contribution in [3.63, 3.8) is 0 Å². The van der Waals surface area contributed by atoms with E-state index in [1.807, 2.05) is 54.6 Å². The van der Waals surface area contributed by atoms with E-state index in [1.54, 1.807) is 49.8 Å². The Labute approximate surface area is 236 Å². The summed E-state index contributed by atoms with van der Waals surface area (Å²) in [6, 6.07) is 23.9. The number of para-hydroxylation sites is 1. The quantitative estimate of drug-likeness (QED) is 0.147. The highest BCUT2D eigenvalue weighted by Gasteiger charge is 2.21. The van der Waals surface area contributed by atoms with Gasteiger partial charge in [-0.1, -0.05) is 24.3 Å². The molecule has 0 saturated carbocycles. The number of thioether (sulfide) groups is 1. The second-order valence-electron chi connectivity index (χ2n) is 8.93. The highest BCUT2D eigenvalue weighted by atomic mass is 32.2. The average molecular weight is 560 g/mol. The maximum absolute atomic E-state index is 13.1. The SMILES string of the molecule is CC(=O)c1ccc(NC(=S)Nc2cccc(SC(C)C(=O)Nc3c(C)n(C)n(-c4ccccc4)c3=O)c2)cc1. The van der Waals surface area contributed by atoms with E-state index in [2.05, 4.69) is 16.0 Å². The maximum Gasteiger partial charge on any atom is 0.295 e. The van der Waals surface area contributed by atoms with E-state index < -0.39 is 5.25 Å². The van der Waals surface area contributed by atoms with Crippen LogP contribution < -0.4 is 21.5 Å². The van der Waals surface area contributed by atoms with Crippen molar-refractivity contribution in [2.75, 3.05) is 16.0 Å². The van der Waals surface area contributed by atoms with E-state index in [0.29, 0.717) is 16.4 Å². The van der Waals surface area contributed by atoms with Gasteiger partial charge in [-0.05, 0) is 87.6 Å². The van der Waals surface area contributed by atoms with Crippen molar-refractivity contribution >= 4 is 57.8 Å². The van der Waals surface area contributed by atoms with Gasteiger partial charge in [0.2, 0.25) is 5.91 Å². The number of hydrogen-bond donors (Lipinski definition) is 3. The van der Waals surface area contributed by atoms with Crippen LogP contribution in [0.5, 0.6) is 0 Å². The van der Waals surface area contributed by atoms with Gasteiger partial charge in [0, 0.05) is 28.9 Å². The lowest BCUT2D eigenvalue weighted by atomic mass is 10.1. The normalized spacial score (nSPS) is 11.5. The number of amides is 1. The molecule has 0 bridgehead atoms. The Morgan fingerprint density at radius 3 is 2.23 bits per heavy atom. The third-order valence-corrected chi connectivity index (χ3v) is 7.42. The molecule has 1 unspecified atom stereocenters. The molecule has 8 nitrogen and oxygen atoms in total. The Morgan fingerprint density at radius 1 is 0.897 bits per heavy atom. The molecule has 200 valence electrons. The van der Waals surface area contributed by atoms with E-state index in [-0.39, 0.29) is 22.9 Å². The van der Waals surface area contributed by atoms with E-state index in [4.69, 9.17) is 12.2 Å². The molecule has 0 fully saturated rings. The van der Waals surface area contributed by atoms with Gasteiger partial charge in [-0.25, -0.2) is 4.68 Å². The molecule has 4 aromatic rings. The second kappa shape index (κ2) is 12.1. The number of anilines is 3. The number of carbonyl (C=O) groups excluding carboxylic acids is 2. The Morgan fingerprint density at radius 2 is 1.56 bits per heavy atom. The van der Waals surface area contributed by atoms with Crippen LogP contribution >= 0.6 is 24.0 Å². The Kier molecular flexibility index (Phi) is 8.68. The number of ketones is 1. The fourth-order valence-electron chi connectivity index (χ4n) is 3.92. The van der Waals surface area contributed by atoms with E-state index in [1.165, 1.54) is 23.4 Å². The zero-order valence-corrected chi connectivity index (χ0v) is 23.7. The lowest BCUT2D eigenvalue weighted by molar-refractivity contribution is -0.115. The fourth-order valence-corrected chi connectivity index (χ4v) is 5.09. The second-order valence-corrected chi connectivity index (χ2v) is 10.7. The predicted molar refractivity (Wildman–Crippen MR) is 162 cm³/mol. The highest BCUT2D eigenvalue weighted by Crippen LogP contribution is 2.27. The minimum absolute atomic E-state index is 0.00247. The molecule has 0 aliphatic rings. The van der Waals surface area contributed by atoms with Crippen molar-refractivity contribution in [1.82, 2.24) is 9.36 Å². The number of nitrogens with one attached hydrogen (secondary N) is 3. The lowest BCUT2D eigenvalue weighted by Crippen LogP contribution is -2.27. The van der Waals surface area contributed by atoms with Crippen molar-refractivity contribution < 1.29 is 9.59 Å². The molecular formula is C29H29N5O3S2. The molecule has 4 rings (SSSR count). The van der Waals surface area contributed by atoms with Crippen molar-refractivity contribution in [3.8, 4) is 5.69 Å². The molecule has 0 aliphatic heterocycles. The molecule has 3 N–H and O–H groups in total. The van der Waals surface area contributed by atoms with Crippen LogP contribution in [0.25, 0.3) is 5.69 Å². The Balaban J connectivity index is 1.39. The van der Waals surface area contributed by atoms with Crippen LogP contribution in [0, 0.1) is 6.92 Å². The van der Waals surface area contributed by atoms with Crippen LogP contribution in [0.4, 0.5) is 17.1 Å². The van der Waals surface area contributed by atoms with Crippen molar-refractivity contribution in [1.29, 1.82) is 0 Å². The molecule has 0 aliphatic carbocycles. The third kappa shape index (κ3) is 6.65. The topological polar surface area (TPSA) is 97.2 Å². The summed E-state index contributed by atoms with van der Waals surface area (Å²) in [5.74, 6) is -0.266. The summed E-state index contributed by atoms with van der Waals surface area (Å²) in [5, 5.41) is 9.00. The number of hydrogen-bond acceptors (Lipinski definition) is 5. The van der Waals surface area contributed by atoms with Gasteiger partial charge in [0.1, 0.15) is 5.69 Å². The third-order valence-electron chi connectivity index (χ3n) is 6.13. The molecule has 1 atom stereocenters. The largest absolute Gasteiger partial charge is 0.332 e. The van der Waals surface area contributed by atoms with Crippen molar-refractivity contribution in [2.45, 2.75) is 30.9 Å². The summed E-state index contributed by atoms with van der Waals surface area (Å²) in [6.07, 6.45) is 0. The van der Waals surface area contributed by atoms with Gasteiger partial charge in [-0.3, -0.25) is 19.1 Å². The summed E-state index contributed by atoms with van der Waals surface area (Å²) in [7, 11) is 1.79. The predicted octanol–water partition coefficient (Wildman–Crippen LogP) is 5.62. The molecular weight excluding hydrogens is 530 g/mol. The molecule has 39 heavy (non-hydrogen) atoms. The van der Waals surface area contributed by atoms with Crippen LogP contribution in [0.1, 0.15) is 29.9 Å². The Bertz CT molecular complexity index is 1580.